The fraction of sp³-hybridized carbons (Fsp3) is 0.462. The second-order valence-electron chi connectivity index (χ2n) is 8.42. The maximum absolute atomic E-state index is 12.3. The van der Waals surface area contributed by atoms with E-state index in [1.165, 1.54) is 12.0 Å². The Bertz CT molecular complexity index is 1080. The van der Waals surface area contributed by atoms with Crippen LogP contribution < -0.4 is 10.1 Å². The highest BCUT2D eigenvalue weighted by Gasteiger charge is 2.23. The molecule has 0 radical (unpaired) electrons. The molecule has 0 fully saturated rings. The van der Waals surface area contributed by atoms with E-state index in [2.05, 4.69) is 27.8 Å². The van der Waals surface area contributed by atoms with Crippen molar-refractivity contribution in [3.63, 3.8) is 0 Å². The van der Waals surface area contributed by atoms with Gasteiger partial charge in [-0.1, -0.05) is 12.1 Å². The van der Waals surface area contributed by atoms with E-state index in [-0.39, 0.29) is 18.3 Å². The molecule has 0 bridgehead atoms. The van der Waals surface area contributed by atoms with E-state index >= 15 is 0 Å². The van der Waals surface area contributed by atoms with Crippen molar-refractivity contribution in [3.05, 3.63) is 63.4 Å². The van der Waals surface area contributed by atoms with Crippen LogP contribution in [0.5, 0.6) is 5.88 Å². The van der Waals surface area contributed by atoms with Crippen LogP contribution in [0.1, 0.15) is 66.0 Å². The standard InChI is InChI=1S/C26H32N4O3S/c1-3-33-24(31)15-22(19-11-13-23(32-2)28-16-19)26-30-21(17-34-26)9-5-4-8-20-12-10-18-7-6-14-27-25(18)29-20/h10-13,16-17,22H,3-9,14-15H2,1-2H3,(H,27,29). The van der Waals surface area contributed by atoms with Gasteiger partial charge >= 0.3 is 5.97 Å². The smallest absolute Gasteiger partial charge is 0.306 e. The molecule has 1 aliphatic rings. The molecule has 4 rings (SSSR count). The van der Waals surface area contributed by atoms with Crippen LogP contribution in [0, 0.1) is 0 Å². The Hall–Kier alpha value is -3.00. The van der Waals surface area contributed by atoms with Crippen molar-refractivity contribution in [3.8, 4) is 5.88 Å². The summed E-state index contributed by atoms with van der Waals surface area (Å²) in [7, 11) is 1.59. The van der Waals surface area contributed by atoms with Crippen molar-refractivity contribution in [1.82, 2.24) is 15.0 Å². The van der Waals surface area contributed by atoms with Crippen molar-refractivity contribution in [2.75, 3.05) is 25.6 Å². The monoisotopic (exact) mass is 480 g/mol. The van der Waals surface area contributed by atoms with E-state index in [0.29, 0.717) is 12.5 Å². The molecule has 0 saturated heterocycles. The molecule has 0 aromatic carbocycles. The van der Waals surface area contributed by atoms with Gasteiger partial charge in [0.2, 0.25) is 5.88 Å². The predicted molar refractivity (Wildman–Crippen MR) is 134 cm³/mol. The van der Waals surface area contributed by atoms with Gasteiger partial charge in [0, 0.05) is 35.8 Å². The van der Waals surface area contributed by atoms with Gasteiger partial charge in [0.15, 0.2) is 0 Å². The van der Waals surface area contributed by atoms with Gasteiger partial charge in [-0.3, -0.25) is 4.79 Å². The van der Waals surface area contributed by atoms with Gasteiger partial charge in [-0.25, -0.2) is 15.0 Å². The lowest BCUT2D eigenvalue weighted by Gasteiger charge is -2.17. The van der Waals surface area contributed by atoms with Gasteiger partial charge in [-0.2, -0.15) is 0 Å². The first-order valence-corrected chi connectivity index (χ1v) is 12.9. The van der Waals surface area contributed by atoms with Crippen LogP contribution in [0.4, 0.5) is 5.82 Å². The summed E-state index contributed by atoms with van der Waals surface area (Å²) in [5.74, 6) is 1.20. The molecule has 7 nitrogen and oxygen atoms in total. The minimum atomic E-state index is -0.230. The fourth-order valence-corrected chi connectivity index (χ4v) is 5.15. The molecule has 1 atom stereocenters. The maximum Gasteiger partial charge on any atom is 0.306 e. The van der Waals surface area contributed by atoms with Crippen LogP contribution in [0.2, 0.25) is 0 Å². The number of pyridine rings is 2. The lowest BCUT2D eigenvalue weighted by molar-refractivity contribution is -0.143. The highest BCUT2D eigenvalue weighted by atomic mass is 32.1. The van der Waals surface area contributed by atoms with Gasteiger partial charge in [0.25, 0.3) is 0 Å². The normalized spacial score (nSPS) is 13.6. The number of nitrogens with one attached hydrogen (secondary N) is 1. The summed E-state index contributed by atoms with van der Waals surface area (Å²) in [5.41, 5.74) is 4.47. The molecule has 1 unspecified atom stereocenters. The van der Waals surface area contributed by atoms with Crippen molar-refractivity contribution in [2.45, 2.75) is 57.8 Å². The van der Waals surface area contributed by atoms with E-state index in [1.807, 2.05) is 19.1 Å². The summed E-state index contributed by atoms with van der Waals surface area (Å²) in [6, 6.07) is 8.13. The third-order valence-electron chi connectivity index (χ3n) is 5.98. The van der Waals surface area contributed by atoms with Gasteiger partial charge in [0.1, 0.15) is 10.8 Å². The highest BCUT2D eigenvalue weighted by Crippen LogP contribution is 2.31. The third kappa shape index (κ3) is 6.32. The number of hydrogen-bond acceptors (Lipinski definition) is 8. The lowest BCUT2D eigenvalue weighted by Crippen LogP contribution is -2.14. The summed E-state index contributed by atoms with van der Waals surface area (Å²) < 4.78 is 10.4. The molecule has 3 aromatic heterocycles. The number of fused-ring (bicyclic) bond motifs is 1. The number of esters is 1. The Kier molecular flexibility index (Phi) is 8.46. The number of carbonyl (C=O) groups is 1. The zero-order chi connectivity index (χ0) is 23.8. The maximum atomic E-state index is 12.3. The van der Waals surface area contributed by atoms with E-state index < -0.39 is 0 Å². The van der Waals surface area contributed by atoms with Crippen LogP contribution in [0.25, 0.3) is 0 Å². The fourth-order valence-electron chi connectivity index (χ4n) is 4.17. The molecule has 4 heterocycles. The van der Waals surface area contributed by atoms with Crippen LogP contribution >= 0.6 is 11.3 Å². The van der Waals surface area contributed by atoms with Crippen LogP contribution in [-0.2, 0) is 28.8 Å². The number of nitrogens with zero attached hydrogens (tertiary/aromatic N) is 3. The second kappa shape index (κ2) is 11.9. The molecular formula is C26H32N4O3S. The first kappa shape index (κ1) is 24.1. The SMILES string of the molecule is CCOC(=O)CC(c1ccc(OC)nc1)c1nc(CCCCc2ccc3c(n2)NCCC3)cs1. The van der Waals surface area contributed by atoms with Crippen LogP contribution in [0.15, 0.2) is 35.8 Å². The number of carbonyl (C=O) groups excluding carboxylic acids is 1. The number of anilines is 1. The zero-order valence-corrected chi connectivity index (χ0v) is 20.7. The summed E-state index contributed by atoms with van der Waals surface area (Å²) in [6.07, 6.45) is 8.28. The molecule has 0 saturated carbocycles. The van der Waals surface area contributed by atoms with Crippen LogP contribution in [-0.4, -0.2) is 41.2 Å². The number of unbranched alkanes of at least 4 members (excludes halogenated alkanes) is 1. The van der Waals surface area contributed by atoms with Gasteiger partial charge in [-0.05, 0) is 62.6 Å². The van der Waals surface area contributed by atoms with Crippen molar-refractivity contribution >= 4 is 23.1 Å². The molecule has 8 heteroatoms. The molecule has 1 N–H and O–H groups in total. The molecule has 1 aliphatic heterocycles. The van der Waals surface area contributed by atoms with Crippen molar-refractivity contribution in [1.29, 1.82) is 0 Å². The van der Waals surface area contributed by atoms with E-state index in [9.17, 15) is 4.79 Å². The molecule has 0 amide bonds. The Morgan fingerprint density at radius 2 is 2.00 bits per heavy atom. The second-order valence-corrected chi connectivity index (χ2v) is 9.31. The third-order valence-corrected chi connectivity index (χ3v) is 6.99. The van der Waals surface area contributed by atoms with Gasteiger partial charge in [-0.15, -0.1) is 11.3 Å². The average Bonchev–Trinajstić information content (AvgIpc) is 3.34. The zero-order valence-electron chi connectivity index (χ0n) is 19.9. The highest BCUT2D eigenvalue weighted by molar-refractivity contribution is 7.09. The van der Waals surface area contributed by atoms with E-state index in [0.717, 1.165) is 66.4 Å². The topological polar surface area (TPSA) is 86.2 Å². The number of ether oxygens (including phenoxy) is 2. The summed E-state index contributed by atoms with van der Waals surface area (Å²) in [6.45, 7) is 3.20. The Labute approximate surface area is 205 Å². The minimum Gasteiger partial charge on any atom is -0.481 e. The number of methoxy groups -OCH3 is 1. The summed E-state index contributed by atoms with van der Waals surface area (Å²) >= 11 is 1.59. The van der Waals surface area contributed by atoms with Crippen LogP contribution in [0.3, 0.4) is 0 Å². The van der Waals surface area contributed by atoms with Crippen molar-refractivity contribution < 1.29 is 14.3 Å². The van der Waals surface area contributed by atoms with E-state index in [4.69, 9.17) is 19.4 Å². The quantitative estimate of drug-likeness (QED) is 0.307. The number of thiazole rings is 1. The number of aromatic nitrogens is 3. The average molecular weight is 481 g/mol. The number of rotatable bonds is 11. The Morgan fingerprint density at radius 3 is 2.76 bits per heavy atom. The Morgan fingerprint density at radius 1 is 1.15 bits per heavy atom. The molecule has 0 spiro atoms. The van der Waals surface area contributed by atoms with Gasteiger partial charge < -0.3 is 14.8 Å². The number of aryl methyl sites for hydroxylation is 3. The Balaban J connectivity index is 1.35. The number of hydrogen-bond donors (Lipinski definition) is 1. The molecule has 180 valence electrons. The first-order chi connectivity index (χ1) is 16.7. The lowest BCUT2D eigenvalue weighted by atomic mass is 9.98. The first-order valence-electron chi connectivity index (χ1n) is 12.0. The molecular weight excluding hydrogens is 448 g/mol. The van der Waals surface area contributed by atoms with E-state index in [1.54, 1.807) is 24.6 Å². The molecule has 0 aliphatic carbocycles. The van der Waals surface area contributed by atoms with Crippen molar-refractivity contribution in [2.24, 2.45) is 0 Å². The van der Waals surface area contributed by atoms with Gasteiger partial charge in [0.05, 0.1) is 25.8 Å². The molecule has 34 heavy (non-hydrogen) atoms. The predicted octanol–water partition coefficient (Wildman–Crippen LogP) is 4.95. The molecule has 3 aromatic rings. The summed E-state index contributed by atoms with van der Waals surface area (Å²) in [4.78, 5) is 26.2. The minimum absolute atomic E-state index is 0.177. The largest absolute Gasteiger partial charge is 0.481 e. The summed E-state index contributed by atoms with van der Waals surface area (Å²) in [5, 5.41) is 6.43.